The van der Waals surface area contributed by atoms with Gasteiger partial charge in [0.2, 0.25) is 11.8 Å². The van der Waals surface area contributed by atoms with Gasteiger partial charge in [0, 0.05) is 29.4 Å². The van der Waals surface area contributed by atoms with E-state index in [0.717, 1.165) is 12.1 Å². The lowest BCUT2D eigenvalue weighted by Crippen LogP contribution is -2.28. The molecule has 124 valence electrons. The van der Waals surface area contributed by atoms with Crippen molar-refractivity contribution in [1.82, 2.24) is 0 Å². The summed E-state index contributed by atoms with van der Waals surface area (Å²) in [5, 5.41) is 3.46. The molecule has 2 aromatic rings. The zero-order valence-electron chi connectivity index (χ0n) is 13.5. The smallest absolute Gasteiger partial charge is 0.229 e. The molecule has 24 heavy (non-hydrogen) atoms. The molecule has 1 aliphatic heterocycles. The van der Waals surface area contributed by atoms with Gasteiger partial charge in [0.05, 0.1) is 5.92 Å². The molecule has 0 aliphatic carbocycles. The van der Waals surface area contributed by atoms with E-state index in [4.69, 9.17) is 11.6 Å². The first-order valence-corrected chi connectivity index (χ1v) is 8.40. The van der Waals surface area contributed by atoms with Crippen molar-refractivity contribution >= 4 is 34.8 Å². The molecule has 0 unspecified atom stereocenters. The Bertz CT molecular complexity index is 741. The zero-order chi connectivity index (χ0) is 17.1. The fourth-order valence-electron chi connectivity index (χ4n) is 2.82. The number of benzene rings is 2. The highest BCUT2D eigenvalue weighted by atomic mass is 35.5. The van der Waals surface area contributed by atoms with E-state index in [1.54, 1.807) is 29.2 Å². The molecule has 0 bridgehead atoms. The molecule has 1 saturated heterocycles. The molecular weight excluding hydrogens is 324 g/mol. The number of amides is 2. The Kier molecular flexibility index (Phi) is 4.86. The minimum Gasteiger partial charge on any atom is -0.326 e. The van der Waals surface area contributed by atoms with Gasteiger partial charge in [-0.3, -0.25) is 9.59 Å². The molecule has 4 nitrogen and oxygen atoms in total. The van der Waals surface area contributed by atoms with Crippen LogP contribution in [0.3, 0.4) is 0 Å². The van der Waals surface area contributed by atoms with E-state index in [2.05, 4.69) is 12.2 Å². The quantitative estimate of drug-likeness (QED) is 0.916. The monoisotopic (exact) mass is 342 g/mol. The number of rotatable bonds is 4. The molecule has 1 atom stereocenters. The summed E-state index contributed by atoms with van der Waals surface area (Å²) < 4.78 is 0. The topological polar surface area (TPSA) is 49.4 Å². The molecule has 0 saturated carbocycles. The van der Waals surface area contributed by atoms with Gasteiger partial charge in [0.25, 0.3) is 0 Å². The van der Waals surface area contributed by atoms with Crippen LogP contribution in [0.25, 0.3) is 0 Å². The maximum atomic E-state index is 12.4. The number of aryl methyl sites for hydroxylation is 1. The molecule has 0 spiro atoms. The summed E-state index contributed by atoms with van der Waals surface area (Å²) in [4.78, 5) is 26.4. The third kappa shape index (κ3) is 3.60. The Balaban J connectivity index is 1.67. The largest absolute Gasteiger partial charge is 0.326 e. The molecule has 0 aromatic heterocycles. The predicted molar refractivity (Wildman–Crippen MR) is 96.4 cm³/mol. The van der Waals surface area contributed by atoms with E-state index >= 15 is 0 Å². The molecule has 1 aliphatic rings. The van der Waals surface area contributed by atoms with Gasteiger partial charge in [-0.2, -0.15) is 0 Å². The Morgan fingerprint density at radius 2 is 1.83 bits per heavy atom. The minimum absolute atomic E-state index is 0.0181. The fourth-order valence-corrected chi connectivity index (χ4v) is 2.95. The summed E-state index contributed by atoms with van der Waals surface area (Å²) in [5.74, 6) is -0.507. The van der Waals surface area contributed by atoms with Gasteiger partial charge in [-0.1, -0.05) is 30.7 Å². The molecule has 1 heterocycles. The van der Waals surface area contributed by atoms with Crippen molar-refractivity contribution in [3.63, 3.8) is 0 Å². The number of nitrogens with one attached hydrogen (secondary N) is 1. The summed E-state index contributed by atoms with van der Waals surface area (Å²) in [5.41, 5.74) is 2.75. The third-order valence-corrected chi connectivity index (χ3v) is 4.52. The van der Waals surface area contributed by atoms with Crippen LogP contribution in [0, 0.1) is 5.92 Å². The highest BCUT2D eigenvalue weighted by Gasteiger charge is 2.35. The lowest BCUT2D eigenvalue weighted by Gasteiger charge is -2.17. The molecule has 2 aromatic carbocycles. The molecule has 5 heteroatoms. The first kappa shape index (κ1) is 16.5. The van der Waals surface area contributed by atoms with Crippen molar-refractivity contribution in [2.24, 2.45) is 5.92 Å². The molecular formula is C19H19ClN2O2. The number of carbonyl (C=O) groups is 2. The van der Waals surface area contributed by atoms with Crippen LogP contribution in [-0.2, 0) is 16.0 Å². The van der Waals surface area contributed by atoms with Gasteiger partial charge in [-0.15, -0.1) is 0 Å². The van der Waals surface area contributed by atoms with Crippen molar-refractivity contribution in [3.05, 3.63) is 59.1 Å². The van der Waals surface area contributed by atoms with E-state index in [0.29, 0.717) is 17.3 Å². The summed E-state index contributed by atoms with van der Waals surface area (Å²) in [7, 11) is 0. The second kappa shape index (κ2) is 7.05. The maximum Gasteiger partial charge on any atom is 0.229 e. The van der Waals surface area contributed by atoms with Crippen LogP contribution >= 0.6 is 11.6 Å². The lowest BCUT2D eigenvalue weighted by molar-refractivity contribution is -0.122. The average Bonchev–Trinajstić information content (AvgIpc) is 2.99. The van der Waals surface area contributed by atoms with Gasteiger partial charge in [-0.05, 0) is 48.4 Å². The molecule has 0 radical (unpaired) electrons. The van der Waals surface area contributed by atoms with Gasteiger partial charge in [0.15, 0.2) is 0 Å². The first-order chi connectivity index (χ1) is 11.6. The van der Waals surface area contributed by atoms with Crippen LogP contribution in [0.2, 0.25) is 5.02 Å². The summed E-state index contributed by atoms with van der Waals surface area (Å²) in [6, 6.07) is 14.9. The predicted octanol–water partition coefficient (Wildman–Crippen LogP) is 3.89. The Labute approximate surface area is 146 Å². The third-order valence-electron chi connectivity index (χ3n) is 4.26. The summed E-state index contributed by atoms with van der Waals surface area (Å²) in [6.07, 6.45) is 1.19. The van der Waals surface area contributed by atoms with Gasteiger partial charge in [-0.25, -0.2) is 0 Å². The van der Waals surface area contributed by atoms with Crippen LogP contribution in [0.15, 0.2) is 48.5 Å². The van der Waals surface area contributed by atoms with Crippen molar-refractivity contribution in [2.75, 3.05) is 16.8 Å². The lowest BCUT2D eigenvalue weighted by atomic mass is 10.1. The maximum absolute atomic E-state index is 12.4. The number of nitrogens with zero attached hydrogens (tertiary/aromatic N) is 1. The standard InChI is InChI=1S/C19H19ClN2O2/c1-2-13-3-9-17(10-4-13)22-12-14(11-18(22)23)19(24)21-16-7-5-15(20)6-8-16/h3-10,14H,2,11-12H2,1H3,(H,21,24)/t14-/m0/s1. The van der Waals surface area contributed by atoms with E-state index in [9.17, 15) is 9.59 Å². The van der Waals surface area contributed by atoms with Gasteiger partial charge >= 0.3 is 0 Å². The highest BCUT2D eigenvalue weighted by molar-refractivity contribution is 6.30. The van der Waals surface area contributed by atoms with E-state index < -0.39 is 0 Å². The SMILES string of the molecule is CCc1ccc(N2C[C@@H](C(=O)Nc3ccc(Cl)cc3)CC2=O)cc1. The molecule has 1 N–H and O–H groups in total. The number of hydrogen-bond acceptors (Lipinski definition) is 2. The first-order valence-electron chi connectivity index (χ1n) is 8.02. The molecule has 2 amide bonds. The number of hydrogen-bond donors (Lipinski definition) is 1. The number of carbonyl (C=O) groups excluding carboxylic acids is 2. The second-order valence-electron chi connectivity index (χ2n) is 5.92. The van der Waals surface area contributed by atoms with E-state index in [-0.39, 0.29) is 24.2 Å². The second-order valence-corrected chi connectivity index (χ2v) is 6.36. The van der Waals surface area contributed by atoms with Gasteiger partial charge in [0.1, 0.15) is 0 Å². The minimum atomic E-state index is -0.348. The van der Waals surface area contributed by atoms with Crippen molar-refractivity contribution < 1.29 is 9.59 Å². The van der Waals surface area contributed by atoms with E-state index in [1.165, 1.54) is 5.56 Å². The Hall–Kier alpha value is -2.33. The Morgan fingerprint density at radius 3 is 2.46 bits per heavy atom. The fraction of sp³-hybridized carbons (Fsp3) is 0.263. The van der Waals surface area contributed by atoms with Crippen LogP contribution in [0.4, 0.5) is 11.4 Å². The molecule has 3 rings (SSSR count). The van der Waals surface area contributed by atoms with E-state index in [1.807, 2.05) is 24.3 Å². The summed E-state index contributed by atoms with van der Waals surface area (Å²) in [6.45, 7) is 2.50. The van der Waals surface area contributed by atoms with Crippen LogP contribution < -0.4 is 10.2 Å². The molecule has 1 fully saturated rings. The van der Waals surface area contributed by atoms with Crippen molar-refractivity contribution in [1.29, 1.82) is 0 Å². The Morgan fingerprint density at radius 1 is 1.17 bits per heavy atom. The highest BCUT2D eigenvalue weighted by Crippen LogP contribution is 2.26. The number of halogens is 1. The van der Waals surface area contributed by atoms with Crippen LogP contribution in [-0.4, -0.2) is 18.4 Å². The zero-order valence-corrected chi connectivity index (χ0v) is 14.2. The summed E-state index contributed by atoms with van der Waals surface area (Å²) >= 11 is 5.84. The van der Waals surface area contributed by atoms with Crippen LogP contribution in [0.5, 0.6) is 0 Å². The average molecular weight is 343 g/mol. The van der Waals surface area contributed by atoms with Crippen LogP contribution in [0.1, 0.15) is 18.9 Å². The normalized spacial score (nSPS) is 17.2. The van der Waals surface area contributed by atoms with Crippen molar-refractivity contribution in [3.8, 4) is 0 Å². The van der Waals surface area contributed by atoms with Gasteiger partial charge < -0.3 is 10.2 Å². The number of anilines is 2. The van der Waals surface area contributed by atoms with Crippen molar-refractivity contribution in [2.45, 2.75) is 19.8 Å².